The third-order valence-electron chi connectivity index (χ3n) is 4.65. The molecule has 0 amide bonds. The van der Waals surface area contributed by atoms with E-state index in [4.69, 9.17) is 9.72 Å². The van der Waals surface area contributed by atoms with Crippen molar-refractivity contribution in [3.05, 3.63) is 29.5 Å². The van der Waals surface area contributed by atoms with Crippen LogP contribution >= 0.6 is 11.3 Å². The second kappa shape index (κ2) is 7.65. The van der Waals surface area contributed by atoms with Crippen molar-refractivity contribution in [2.45, 2.75) is 25.5 Å². The zero-order valence-corrected chi connectivity index (χ0v) is 14.6. The molecule has 1 atom stereocenters. The zero-order valence-electron chi connectivity index (χ0n) is 13.8. The smallest absolute Gasteiger partial charge is 0.188 e. The van der Waals surface area contributed by atoms with Crippen molar-refractivity contribution in [3.63, 3.8) is 0 Å². The Balaban J connectivity index is 1.27. The Morgan fingerprint density at radius 3 is 2.67 bits per heavy atom. The highest BCUT2D eigenvalue weighted by molar-refractivity contribution is 7.13. The van der Waals surface area contributed by atoms with Gasteiger partial charge in [-0.05, 0) is 18.9 Å². The van der Waals surface area contributed by atoms with Gasteiger partial charge in [0.1, 0.15) is 0 Å². The Morgan fingerprint density at radius 2 is 1.92 bits per heavy atom. The van der Waals surface area contributed by atoms with Gasteiger partial charge in [-0.1, -0.05) is 0 Å². The molecule has 2 aliphatic heterocycles. The first kappa shape index (κ1) is 16.1. The summed E-state index contributed by atoms with van der Waals surface area (Å²) in [5.41, 5.74) is 1.12. The lowest BCUT2D eigenvalue weighted by Gasteiger charge is -2.35. The number of ether oxygens (including phenoxy) is 1. The number of hydrogen-bond acceptors (Lipinski definition) is 7. The summed E-state index contributed by atoms with van der Waals surface area (Å²) in [4.78, 5) is 18.3. The van der Waals surface area contributed by atoms with E-state index >= 15 is 0 Å². The monoisotopic (exact) mass is 345 g/mol. The molecule has 0 saturated carbocycles. The largest absolute Gasteiger partial charge is 0.377 e. The Morgan fingerprint density at radius 1 is 1.12 bits per heavy atom. The Labute approximate surface area is 146 Å². The van der Waals surface area contributed by atoms with Gasteiger partial charge in [-0.15, -0.1) is 11.3 Å². The summed E-state index contributed by atoms with van der Waals surface area (Å²) in [6.07, 6.45) is 6.43. The number of rotatable bonds is 5. The van der Waals surface area contributed by atoms with Crippen molar-refractivity contribution >= 4 is 11.3 Å². The fourth-order valence-electron chi connectivity index (χ4n) is 3.33. The first-order chi connectivity index (χ1) is 11.9. The number of aromatic nitrogens is 3. The molecule has 0 aromatic carbocycles. The highest BCUT2D eigenvalue weighted by atomic mass is 32.1. The highest BCUT2D eigenvalue weighted by Gasteiger charge is 2.23. The van der Waals surface area contributed by atoms with Gasteiger partial charge in [-0.25, -0.2) is 15.0 Å². The van der Waals surface area contributed by atoms with Crippen molar-refractivity contribution < 1.29 is 4.74 Å². The molecule has 2 saturated heterocycles. The molecule has 0 spiro atoms. The van der Waals surface area contributed by atoms with Gasteiger partial charge in [-0.2, -0.15) is 0 Å². The highest BCUT2D eigenvalue weighted by Crippen LogP contribution is 2.21. The molecule has 4 rings (SSSR count). The maximum atomic E-state index is 5.75. The SMILES string of the molecule is c1cnc(-c2nc(CN3CCN(C[C@@H]4CCCO4)CC3)cs2)nc1. The lowest BCUT2D eigenvalue weighted by Crippen LogP contribution is -2.48. The minimum absolute atomic E-state index is 0.462. The molecule has 0 aliphatic carbocycles. The van der Waals surface area contributed by atoms with Crippen LogP contribution in [0.5, 0.6) is 0 Å². The molecule has 24 heavy (non-hydrogen) atoms. The molecular weight excluding hydrogens is 322 g/mol. The molecule has 0 radical (unpaired) electrons. The van der Waals surface area contributed by atoms with Crippen LogP contribution in [0.3, 0.4) is 0 Å². The molecule has 0 unspecified atom stereocenters. The van der Waals surface area contributed by atoms with Crippen LogP contribution in [0.2, 0.25) is 0 Å². The van der Waals surface area contributed by atoms with E-state index in [0.29, 0.717) is 6.10 Å². The predicted molar refractivity (Wildman–Crippen MR) is 93.8 cm³/mol. The van der Waals surface area contributed by atoms with Crippen LogP contribution in [-0.2, 0) is 11.3 Å². The lowest BCUT2D eigenvalue weighted by molar-refractivity contribution is 0.0487. The number of hydrogen-bond donors (Lipinski definition) is 0. The average molecular weight is 345 g/mol. The summed E-state index contributed by atoms with van der Waals surface area (Å²) in [6.45, 7) is 7.40. The van der Waals surface area contributed by atoms with E-state index in [1.165, 1.54) is 12.8 Å². The van der Waals surface area contributed by atoms with Crippen molar-refractivity contribution in [1.82, 2.24) is 24.8 Å². The van der Waals surface area contributed by atoms with E-state index in [9.17, 15) is 0 Å². The summed E-state index contributed by atoms with van der Waals surface area (Å²) in [5, 5.41) is 3.03. The van der Waals surface area contributed by atoms with Gasteiger partial charge < -0.3 is 4.74 Å². The molecule has 4 heterocycles. The third kappa shape index (κ3) is 3.97. The fraction of sp³-hybridized carbons (Fsp3) is 0.588. The van der Waals surface area contributed by atoms with Crippen LogP contribution in [0.15, 0.2) is 23.8 Å². The zero-order chi connectivity index (χ0) is 16.2. The van der Waals surface area contributed by atoms with Crippen LogP contribution in [0, 0.1) is 0 Å². The van der Waals surface area contributed by atoms with Crippen molar-refractivity contribution in [1.29, 1.82) is 0 Å². The fourth-order valence-corrected chi connectivity index (χ4v) is 4.08. The summed E-state index contributed by atoms with van der Waals surface area (Å²) < 4.78 is 5.75. The molecule has 2 aromatic rings. The van der Waals surface area contributed by atoms with E-state index in [2.05, 4.69) is 25.1 Å². The summed E-state index contributed by atoms with van der Waals surface area (Å²) in [6, 6.07) is 1.83. The molecule has 2 aromatic heterocycles. The first-order valence-electron chi connectivity index (χ1n) is 8.65. The second-order valence-corrected chi connectivity index (χ2v) is 7.29. The molecule has 6 nitrogen and oxygen atoms in total. The maximum absolute atomic E-state index is 5.75. The van der Waals surface area contributed by atoms with Crippen molar-refractivity contribution in [2.75, 3.05) is 39.3 Å². The standard InChI is InChI=1S/C17H23N5OS/c1-3-15(23-10-1)12-22-8-6-21(7-9-22)11-14-13-24-17(20-14)16-18-4-2-5-19-16/h2,4-5,13,15H,1,3,6-12H2/t15-/m0/s1. The van der Waals surface area contributed by atoms with Gasteiger partial charge in [0.2, 0.25) is 0 Å². The Bertz CT molecular complexity index is 635. The molecule has 0 bridgehead atoms. The quantitative estimate of drug-likeness (QED) is 0.825. The van der Waals surface area contributed by atoms with E-state index in [0.717, 1.165) is 62.4 Å². The van der Waals surface area contributed by atoms with Gasteiger partial charge in [0.05, 0.1) is 11.8 Å². The van der Waals surface area contributed by atoms with Crippen molar-refractivity contribution in [2.24, 2.45) is 0 Å². The van der Waals surface area contributed by atoms with Gasteiger partial charge in [-0.3, -0.25) is 9.80 Å². The van der Waals surface area contributed by atoms with Gasteiger partial charge >= 0.3 is 0 Å². The maximum Gasteiger partial charge on any atom is 0.188 e. The Hall–Kier alpha value is -1.41. The van der Waals surface area contributed by atoms with Gasteiger partial charge in [0.25, 0.3) is 0 Å². The van der Waals surface area contributed by atoms with Crippen LogP contribution in [0.4, 0.5) is 0 Å². The number of thiazole rings is 1. The lowest BCUT2D eigenvalue weighted by atomic mass is 10.2. The third-order valence-corrected chi connectivity index (χ3v) is 5.53. The van der Waals surface area contributed by atoms with E-state index in [1.807, 2.05) is 6.07 Å². The van der Waals surface area contributed by atoms with Gasteiger partial charge in [0.15, 0.2) is 10.8 Å². The topological polar surface area (TPSA) is 54.4 Å². The summed E-state index contributed by atoms with van der Waals surface area (Å²) >= 11 is 1.62. The minimum atomic E-state index is 0.462. The van der Waals surface area contributed by atoms with Crippen LogP contribution in [0.1, 0.15) is 18.5 Å². The molecule has 128 valence electrons. The molecule has 2 fully saturated rings. The number of piperazine rings is 1. The average Bonchev–Trinajstić information content (AvgIpc) is 3.29. The molecule has 0 N–H and O–H groups in total. The van der Waals surface area contributed by atoms with E-state index in [-0.39, 0.29) is 0 Å². The Kier molecular flexibility index (Phi) is 5.13. The first-order valence-corrected chi connectivity index (χ1v) is 9.53. The summed E-state index contributed by atoms with van der Waals surface area (Å²) in [5.74, 6) is 0.718. The van der Waals surface area contributed by atoms with E-state index < -0.39 is 0 Å². The van der Waals surface area contributed by atoms with Crippen molar-refractivity contribution in [3.8, 4) is 10.8 Å². The molecule has 2 aliphatic rings. The molecule has 7 heteroatoms. The molecular formula is C17H23N5OS. The normalized spacial score (nSPS) is 22.9. The second-order valence-electron chi connectivity index (χ2n) is 6.43. The predicted octanol–water partition coefficient (Wildman–Crippen LogP) is 1.90. The number of nitrogens with zero attached hydrogens (tertiary/aromatic N) is 5. The van der Waals surface area contributed by atoms with Crippen LogP contribution < -0.4 is 0 Å². The van der Waals surface area contributed by atoms with Crippen LogP contribution in [-0.4, -0.2) is 70.2 Å². The summed E-state index contributed by atoms with van der Waals surface area (Å²) in [7, 11) is 0. The van der Waals surface area contributed by atoms with Gasteiger partial charge in [0, 0.05) is 63.6 Å². The van der Waals surface area contributed by atoms with E-state index in [1.54, 1.807) is 23.7 Å². The van der Waals surface area contributed by atoms with Crippen LogP contribution in [0.25, 0.3) is 10.8 Å². The minimum Gasteiger partial charge on any atom is -0.377 e.